The number of nitrogens with two attached hydrogens (primary N) is 1. The number of nitrogens with zero attached hydrogens (tertiary/aromatic N) is 3. The molecule has 1 amide bonds. The van der Waals surface area contributed by atoms with Crippen LogP contribution in [0, 0.1) is 0 Å². The summed E-state index contributed by atoms with van der Waals surface area (Å²) in [6.45, 7) is 4.20. The molecular weight excluding hydrogens is 240 g/mol. The molecule has 1 aromatic rings. The smallest absolute Gasteiger partial charge is 0.236 e. The molecule has 1 heterocycles. The minimum atomic E-state index is 0.164. The van der Waals surface area contributed by atoms with E-state index < -0.39 is 0 Å². The molecule has 1 aliphatic rings. The molecule has 2 N–H and O–H groups in total. The Morgan fingerprint density at radius 2 is 1.95 bits per heavy atom. The van der Waals surface area contributed by atoms with Crippen molar-refractivity contribution >= 4 is 17.3 Å². The molecule has 0 unspecified atom stereocenters. The van der Waals surface area contributed by atoms with Crippen molar-refractivity contribution in [2.24, 2.45) is 0 Å². The van der Waals surface area contributed by atoms with Crippen molar-refractivity contribution in [3.05, 3.63) is 24.3 Å². The third-order valence-corrected chi connectivity index (χ3v) is 3.47. The van der Waals surface area contributed by atoms with E-state index in [2.05, 4.69) is 15.9 Å². The van der Waals surface area contributed by atoms with E-state index in [9.17, 15) is 4.79 Å². The van der Waals surface area contributed by atoms with Crippen LogP contribution in [0.25, 0.3) is 0 Å². The number of amides is 1. The van der Waals surface area contributed by atoms with Gasteiger partial charge >= 0.3 is 0 Å². The number of rotatable bonds is 3. The van der Waals surface area contributed by atoms with Crippen molar-refractivity contribution in [1.82, 2.24) is 9.80 Å². The van der Waals surface area contributed by atoms with Crippen LogP contribution in [0.2, 0.25) is 0 Å². The quantitative estimate of drug-likeness (QED) is 0.805. The van der Waals surface area contributed by atoms with Crippen molar-refractivity contribution in [3.8, 4) is 0 Å². The first-order valence-electron chi connectivity index (χ1n) is 6.59. The number of nitrogen functional groups attached to an aromatic ring is 1. The molecule has 5 heteroatoms. The fourth-order valence-corrected chi connectivity index (χ4v) is 2.22. The van der Waals surface area contributed by atoms with Gasteiger partial charge in [-0.2, -0.15) is 0 Å². The summed E-state index contributed by atoms with van der Waals surface area (Å²) in [5.41, 5.74) is 7.76. The molecule has 0 saturated carbocycles. The molecule has 0 atom stereocenters. The predicted octanol–water partition coefficient (Wildman–Crippen LogP) is 0.479. The van der Waals surface area contributed by atoms with Crippen LogP contribution in [0.3, 0.4) is 0 Å². The summed E-state index contributed by atoms with van der Waals surface area (Å²) in [4.78, 5) is 17.8. The summed E-state index contributed by atoms with van der Waals surface area (Å²) in [6, 6.07) is 7.96. The Morgan fingerprint density at radius 1 is 1.26 bits per heavy atom. The second-order valence-electron chi connectivity index (χ2n) is 5.15. The van der Waals surface area contributed by atoms with Gasteiger partial charge in [-0.3, -0.25) is 9.69 Å². The third-order valence-electron chi connectivity index (χ3n) is 3.47. The van der Waals surface area contributed by atoms with Gasteiger partial charge in [-0.05, 0) is 18.2 Å². The van der Waals surface area contributed by atoms with Crippen molar-refractivity contribution in [1.29, 1.82) is 0 Å². The van der Waals surface area contributed by atoms with Gasteiger partial charge in [-0.25, -0.2) is 0 Å². The highest BCUT2D eigenvalue weighted by atomic mass is 16.2. The van der Waals surface area contributed by atoms with Crippen LogP contribution in [-0.4, -0.2) is 62.5 Å². The summed E-state index contributed by atoms with van der Waals surface area (Å²) in [5.74, 6) is 0.164. The lowest BCUT2D eigenvalue weighted by atomic mass is 10.2. The van der Waals surface area contributed by atoms with Gasteiger partial charge in [0.1, 0.15) is 0 Å². The highest BCUT2D eigenvalue weighted by Gasteiger charge is 2.19. The van der Waals surface area contributed by atoms with Gasteiger partial charge in [0, 0.05) is 51.6 Å². The molecule has 0 spiro atoms. The SMILES string of the molecule is CN(C)C(=O)CN1CCN(c2cccc(N)c2)CC1. The van der Waals surface area contributed by atoms with E-state index in [0.29, 0.717) is 6.54 Å². The first kappa shape index (κ1) is 13.7. The Kier molecular flexibility index (Phi) is 4.27. The molecular formula is C14H22N4O. The molecule has 0 aliphatic carbocycles. The molecule has 1 aromatic carbocycles. The summed E-state index contributed by atoms with van der Waals surface area (Å²) >= 11 is 0. The zero-order valence-electron chi connectivity index (χ0n) is 11.7. The Bertz CT molecular complexity index is 439. The standard InChI is InChI=1S/C14H22N4O/c1-16(2)14(19)11-17-6-8-18(9-7-17)13-5-3-4-12(15)10-13/h3-5,10H,6-9,11,15H2,1-2H3. The van der Waals surface area contributed by atoms with Gasteiger partial charge in [0.2, 0.25) is 5.91 Å². The van der Waals surface area contributed by atoms with E-state index in [1.54, 1.807) is 19.0 Å². The number of anilines is 2. The maximum absolute atomic E-state index is 11.7. The highest BCUT2D eigenvalue weighted by molar-refractivity contribution is 5.77. The molecule has 1 aliphatic heterocycles. The number of hydrogen-bond acceptors (Lipinski definition) is 4. The summed E-state index contributed by atoms with van der Waals surface area (Å²) in [5, 5.41) is 0. The van der Waals surface area contributed by atoms with E-state index in [1.807, 2.05) is 18.2 Å². The lowest BCUT2D eigenvalue weighted by Crippen LogP contribution is -2.49. The average Bonchev–Trinajstić information content (AvgIpc) is 2.39. The van der Waals surface area contributed by atoms with E-state index in [1.165, 1.54) is 5.69 Å². The van der Waals surface area contributed by atoms with Crippen LogP contribution in [0.4, 0.5) is 11.4 Å². The number of hydrogen-bond donors (Lipinski definition) is 1. The molecule has 19 heavy (non-hydrogen) atoms. The number of carbonyl (C=O) groups is 1. The van der Waals surface area contributed by atoms with Crippen LogP contribution in [0.15, 0.2) is 24.3 Å². The number of likely N-dealkylation sites (N-methyl/N-ethyl adjacent to an activating group) is 1. The van der Waals surface area contributed by atoms with Crippen molar-refractivity contribution in [2.45, 2.75) is 0 Å². The fourth-order valence-electron chi connectivity index (χ4n) is 2.22. The second-order valence-corrected chi connectivity index (χ2v) is 5.15. The van der Waals surface area contributed by atoms with Gasteiger partial charge in [0.05, 0.1) is 6.54 Å². The summed E-state index contributed by atoms with van der Waals surface area (Å²) < 4.78 is 0. The van der Waals surface area contributed by atoms with Gasteiger partial charge in [0.25, 0.3) is 0 Å². The average molecular weight is 262 g/mol. The normalized spacial score (nSPS) is 16.4. The fraction of sp³-hybridized carbons (Fsp3) is 0.500. The monoisotopic (exact) mass is 262 g/mol. The molecule has 0 bridgehead atoms. The zero-order chi connectivity index (χ0) is 13.8. The summed E-state index contributed by atoms with van der Waals surface area (Å²) in [6.07, 6.45) is 0. The first-order chi connectivity index (χ1) is 9.06. The molecule has 0 radical (unpaired) electrons. The molecule has 0 aromatic heterocycles. The Morgan fingerprint density at radius 3 is 2.53 bits per heavy atom. The maximum Gasteiger partial charge on any atom is 0.236 e. The predicted molar refractivity (Wildman–Crippen MR) is 78.2 cm³/mol. The largest absolute Gasteiger partial charge is 0.399 e. The summed E-state index contributed by atoms with van der Waals surface area (Å²) in [7, 11) is 3.59. The van der Waals surface area contributed by atoms with Crippen LogP contribution >= 0.6 is 0 Å². The molecule has 5 nitrogen and oxygen atoms in total. The van der Waals surface area contributed by atoms with E-state index in [-0.39, 0.29) is 5.91 Å². The Hall–Kier alpha value is -1.75. The van der Waals surface area contributed by atoms with Gasteiger partial charge in [-0.15, -0.1) is 0 Å². The topological polar surface area (TPSA) is 52.8 Å². The van der Waals surface area contributed by atoms with Gasteiger partial charge < -0.3 is 15.5 Å². The van der Waals surface area contributed by atoms with Gasteiger partial charge in [-0.1, -0.05) is 6.07 Å². The molecule has 1 saturated heterocycles. The molecule has 1 fully saturated rings. The van der Waals surface area contributed by atoms with Crippen LogP contribution in [0.1, 0.15) is 0 Å². The van der Waals surface area contributed by atoms with Gasteiger partial charge in [0.15, 0.2) is 0 Å². The number of benzene rings is 1. The maximum atomic E-state index is 11.7. The second kappa shape index (κ2) is 5.93. The van der Waals surface area contributed by atoms with Crippen LogP contribution < -0.4 is 10.6 Å². The van der Waals surface area contributed by atoms with E-state index in [4.69, 9.17) is 5.73 Å². The van der Waals surface area contributed by atoms with Crippen molar-refractivity contribution in [2.75, 3.05) is 57.5 Å². The minimum absolute atomic E-state index is 0.164. The number of carbonyl (C=O) groups excluding carboxylic acids is 1. The molecule has 104 valence electrons. The van der Waals surface area contributed by atoms with Crippen molar-refractivity contribution < 1.29 is 4.79 Å². The minimum Gasteiger partial charge on any atom is -0.399 e. The first-order valence-corrected chi connectivity index (χ1v) is 6.59. The Labute approximate surface area is 114 Å². The Balaban J connectivity index is 1.87. The third kappa shape index (κ3) is 3.61. The lowest BCUT2D eigenvalue weighted by molar-refractivity contribution is -0.129. The van der Waals surface area contributed by atoms with Crippen molar-refractivity contribution in [3.63, 3.8) is 0 Å². The zero-order valence-corrected chi connectivity index (χ0v) is 11.7. The van der Waals surface area contributed by atoms with E-state index >= 15 is 0 Å². The molecule has 2 rings (SSSR count). The van der Waals surface area contributed by atoms with Crippen LogP contribution in [-0.2, 0) is 4.79 Å². The van der Waals surface area contributed by atoms with E-state index in [0.717, 1.165) is 31.9 Å². The highest BCUT2D eigenvalue weighted by Crippen LogP contribution is 2.18. The van der Waals surface area contributed by atoms with Crippen LogP contribution in [0.5, 0.6) is 0 Å². The lowest BCUT2D eigenvalue weighted by Gasteiger charge is -2.36. The number of piperazine rings is 1.